The molecule has 0 aliphatic carbocycles. The van der Waals surface area contributed by atoms with Crippen LogP contribution in [0.4, 0.5) is 0 Å². The molecule has 7 nitrogen and oxygen atoms in total. The number of hydrogen-bond donors (Lipinski definition) is 0. The lowest BCUT2D eigenvalue weighted by Crippen LogP contribution is -2.09. The number of aryl methyl sites for hydroxylation is 2. The van der Waals surface area contributed by atoms with Gasteiger partial charge in [-0.3, -0.25) is 0 Å². The summed E-state index contributed by atoms with van der Waals surface area (Å²) in [5.41, 5.74) is 3.87. The predicted octanol–water partition coefficient (Wildman–Crippen LogP) is 5.62. The lowest BCUT2D eigenvalue weighted by molar-refractivity contribution is 0.0459. The van der Waals surface area contributed by atoms with E-state index in [0.717, 1.165) is 21.3 Å². The van der Waals surface area contributed by atoms with Crippen molar-refractivity contribution in [3.05, 3.63) is 80.4 Å². The number of carbonyl (C=O) groups is 1. The fraction of sp³-hybridized carbons (Fsp3) is 0.182. The third-order valence-electron chi connectivity index (χ3n) is 4.78. The van der Waals surface area contributed by atoms with Crippen molar-refractivity contribution in [2.24, 2.45) is 0 Å². The molecule has 2 aromatic carbocycles. The molecule has 0 saturated heterocycles. The minimum absolute atomic E-state index is 0.0432. The highest BCUT2D eigenvalue weighted by molar-refractivity contribution is 9.10. The molecule has 4 aromatic rings. The van der Waals surface area contributed by atoms with Gasteiger partial charge in [0.15, 0.2) is 5.69 Å². The van der Waals surface area contributed by atoms with Gasteiger partial charge in [0, 0.05) is 15.1 Å². The maximum Gasteiger partial charge on any atom is 0.361 e. The van der Waals surface area contributed by atoms with Crippen LogP contribution >= 0.6 is 27.5 Å². The first-order valence-corrected chi connectivity index (χ1v) is 10.6. The van der Waals surface area contributed by atoms with Crippen molar-refractivity contribution in [2.45, 2.75) is 27.4 Å². The van der Waals surface area contributed by atoms with Crippen molar-refractivity contribution in [1.29, 1.82) is 0 Å². The quantitative estimate of drug-likeness (QED) is 0.330. The molecule has 9 heteroatoms. The number of esters is 1. The maximum atomic E-state index is 12.6. The highest BCUT2D eigenvalue weighted by Crippen LogP contribution is 2.25. The van der Waals surface area contributed by atoms with E-state index in [1.807, 2.05) is 37.3 Å². The normalized spacial score (nSPS) is 11.0. The minimum Gasteiger partial charge on any atom is -0.454 e. The van der Waals surface area contributed by atoms with E-state index in [0.29, 0.717) is 28.1 Å². The molecule has 31 heavy (non-hydrogen) atoms. The van der Waals surface area contributed by atoms with Gasteiger partial charge < -0.3 is 9.15 Å². The summed E-state index contributed by atoms with van der Waals surface area (Å²) in [6.45, 7) is 5.47. The number of oxazole rings is 1. The summed E-state index contributed by atoms with van der Waals surface area (Å²) in [6.07, 6.45) is 0. The number of nitrogens with zero attached hydrogens (tertiary/aromatic N) is 4. The van der Waals surface area contributed by atoms with Crippen LogP contribution in [0.5, 0.6) is 0 Å². The molecule has 2 heterocycles. The van der Waals surface area contributed by atoms with Gasteiger partial charge in [-0.2, -0.15) is 0 Å². The van der Waals surface area contributed by atoms with E-state index in [-0.39, 0.29) is 12.3 Å². The summed E-state index contributed by atoms with van der Waals surface area (Å²) < 4.78 is 13.7. The number of benzene rings is 2. The molecule has 0 fully saturated rings. The largest absolute Gasteiger partial charge is 0.454 e. The number of halogens is 2. The van der Waals surface area contributed by atoms with Gasteiger partial charge in [0.1, 0.15) is 18.1 Å². The third kappa shape index (κ3) is 4.40. The SMILES string of the molecule is Cc1cc(-n2nnc(C(=O)OCc3nc(-c4cccc(Cl)c4)oc3C)c2C)ccc1Br. The van der Waals surface area contributed by atoms with Gasteiger partial charge in [-0.05, 0) is 62.7 Å². The molecular weight excluding hydrogens is 484 g/mol. The van der Waals surface area contributed by atoms with E-state index in [9.17, 15) is 4.79 Å². The molecule has 0 spiro atoms. The number of rotatable bonds is 5. The van der Waals surface area contributed by atoms with E-state index < -0.39 is 5.97 Å². The van der Waals surface area contributed by atoms with Crippen LogP contribution < -0.4 is 0 Å². The standard InChI is InChI=1S/C22H18BrClN4O3/c1-12-9-17(7-8-18(12)23)28-13(2)20(26-27-28)22(29)30-11-19-14(3)31-21(25-19)15-5-4-6-16(24)10-15/h4-10H,11H2,1-3H3. The second-order valence-corrected chi connectivity index (χ2v) is 8.27. The van der Waals surface area contributed by atoms with Crippen LogP contribution in [0.1, 0.15) is 33.2 Å². The van der Waals surface area contributed by atoms with E-state index in [1.54, 1.807) is 30.7 Å². The third-order valence-corrected chi connectivity index (χ3v) is 5.90. The Bertz CT molecular complexity index is 1280. The van der Waals surface area contributed by atoms with Crippen LogP contribution in [0.15, 0.2) is 51.4 Å². The van der Waals surface area contributed by atoms with Crippen molar-refractivity contribution in [2.75, 3.05) is 0 Å². The second-order valence-electron chi connectivity index (χ2n) is 6.98. The number of aromatic nitrogens is 4. The monoisotopic (exact) mass is 500 g/mol. The van der Waals surface area contributed by atoms with Crippen molar-refractivity contribution in [3.63, 3.8) is 0 Å². The Morgan fingerprint density at radius 2 is 2.00 bits per heavy atom. The Morgan fingerprint density at radius 3 is 2.74 bits per heavy atom. The van der Waals surface area contributed by atoms with Gasteiger partial charge in [-0.1, -0.05) is 38.8 Å². The van der Waals surface area contributed by atoms with Crippen LogP contribution in [0, 0.1) is 20.8 Å². The zero-order valence-corrected chi connectivity index (χ0v) is 19.4. The highest BCUT2D eigenvalue weighted by atomic mass is 79.9. The van der Waals surface area contributed by atoms with Crippen molar-refractivity contribution < 1.29 is 13.9 Å². The Kier molecular flexibility index (Phi) is 5.93. The molecule has 0 bridgehead atoms. The lowest BCUT2D eigenvalue weighted by atomic mass is 10.2. The van der Waals surface area contributed by atoms with Gasteiger partial charge in [-0.15, -0.1) is 5.10 Å². The number of ether oxygens (including phenoxy) is 1. The van der Waals surface area contributed by atoms with E-state index in [4.69, 9.17) is 20.8 Å². The zero-order valence-electron chi connectivity index (χ0n) is 17.0. The van der Waals surface area contributed by atoms with Crippen molar-refractivity contribution >= 4 is 33.5 Å². The topological polar surface area (TPSA) is 83.0 Å². The van der Waals surface area contributed by atoms with E-state index >= 15 is 0 Å². The first kappa shape index (κ1) is 21.3. The molecule has 2 aromatic heterocycles. The van der Waals surface area contributed by atoms with Crippen LogP contribution in [-0.2, 0) is 11.3 Å². The summed E-state index contributed by atoms with van der Waals surface area (Å²) in [5, 5.41) is 8.70. The lowest BCUT2D eigenvalue weighted by Gasteiger charge is -2.06. The van der Waals surface area contributed by atoms with Crippen LogP contribution in [0.3, 0.4) is 0 Å². The average Bonchev–Trinajstić information content (AvgIpc) is 3.31. The molecule has 4 rings (SSSR count). The summed E-state index contributed by atoms with van der Waals surface area (Å²) >= 11 is 9.51. The van der Waals surface area contributed by atoms with Gasteiger partial charge in [0.05, 0.1) is 11.4 Å². The molecule has 0 saturated carbocycles. The van der Waals surface area contributed by atoms with E-state index in [1.165, 1.54) is 0 Å². The molecular formula is C22H18BrClN4O3. The Labute approximate surface area is 192 Å². The zero-order chi connectivity index (χ0) is 22.1. The van der Waals surface area contributed by atoms with Crippen LogP contribution in [-0.4, -0.2) is 25.9 Å². The van der Waals surface area contributed by atoms with E-state index in [2.05, 4.69) is 31.2 Å². The Balaban J connectivity index is 1.50. The molecule has 0 amide bonds. The molecule has 0 radical (unpaired) electrons. The molecule has 0 unspecified atom stereocenters. The summed E-state index contributed by atoms with van der Waals surface area (Å²) in [7, 11) is 0. The summed E-state index contributed by atoms with van der Waals surface area (Å²) in [4.78, 5) is 17.0. The first-order valence-electron chi connectivity index (χ1n) is 9.41. The Morgan fingerprint density at radius 1 is 1.19 bits per heavy atom. The predicted molar refractivity (Wildman–Crippen MR) is 119 cm³/mol. The fourth-order valence-electron chi connectivity index (χ4n) is 3.03. The van der Waals surface area contributed by atoms with Crippen LogP contribution in [0.2, 0.25) is 5.02 Å². The maximum absolute atomic E-state index is 12.6. The van der Waals surface area contributed by atoms with Crippen molar-refractivity contribution in [1.82, 2.24) is 20.0 Å². The number of hydrogen-bond acceptors (Lipinski definition) is 6. The van der Waals surface area contributed by atoms with Gasteiger partial charge in [0.2, 0.25) is 5.89 Å². The average molecular weight is 502 g/mol. The van der Waals surface area contributed by atoms with Gasteiger partial charge in [-0.25, -0.2) is 14.5 Å². The second kappa shape index (κ2) is 8.64. The first-order chi connectivity index (χ1) is 14.8. The summed E-state index contributed by atoms with van der Waals surface area (Å²) in [5.74, 6) is 0.400. The Hall–Kier alpha value is -2.97. The van der Waals surface area contributed by atoms with Crippen molar-refractivity contribution in [3.8, 4) is 17.1 Å². The minimum atomic E-state index is -0.579. The molecule has 158 valence electrons. The molecule has 0 N–H and O–H groups in total. The molecule has 0 atom stereocenters. The van der Waals surface area contributed by atoms with Gasteiger partial charge in [0.25, 0.3) is 0 Å². The highest BCUT2D eigenvalue weighted by Gasteiger charge is 2.21. The smallest absolute Gasteiger partial charge is 0.361 e. The van der Waals surface area contributed by atoms with Crippen LogP contribution in [0.25, 0.3) is 17.1 Å². The fourth-order valence-corrected chi connectivity index (χ4v) is 3.47. The van der Waals surface area contributed by atoms with Gasteiger partial charge >= 0.3 is 5.97 Å². The summed E-state index contributed by atoms with van der Waals surface area (Å²) in [6, 6.07) is 13.0. The molecule has 0 aliphatic heterocycles. The molecule has 0 aliphatic rings. The number of carbonyl (C=O) groups excluding carboxylic acids is 1.